The molecule has 1 heterocycles. The number of carbonyl (C=O) groups is 2. The van der Waals surface area contributed by atoms with Gasteiger partial charge in [-0.2, -0.15) is 5.10 Å². The summed E-state index contributed by atoms with van der Waals surface area (Å²) in [5, 5.41) is 27.2. The van der Waals surface area contributed by atoms with E-state index < -0.39 is 18.4 Å². The Balaban J connectivity index is -0.000000779. The van der Waals surface area contributed by atoms with Crippen LogP contribution in [0.1, 0.15) is 84.9 Å². The van der Waals surface area contributed by atoms with E-state index in [9.17, 15) is 14.7 Å². The van der Waals surface area contributed by atoms with Crippen molar-refractivity contribution in [2.24, 2.45) is 5.10 Å². The summed E-state index contributed by atoms with van der Waals surface area (Å²) in [7, 11) is 0. The number of fused-ring (bicyclic) bond motifs is 1. The van der Waals surface area contributed by atoms with Gasteiger partial charge in [-0.05, 0) is 31.9 Å². The molecular formula is C26H43N3O4. The Morgan fingerprint density at radius 3 is 2.00 bits per heavy atom. The summed E-state index contributed by atoms with van der Waals surface area (Å²) in [5.74, 6) is -2.04. The number of terminal acetylenes is 1. The van der Waals surface area contributed by atoms with Gasteiger partial charge in [-0.15, -0.1) is 12.8 Å². The lowest BCUT2D eigenvalue weighted by Gasteiger charge is -2.29. The molecule has 0 bridgehead atoms. The second-order valence-corrected chi connectivity index (χ2v) is 6.89. The molecule has 0 aliphatic carbocycles. The molecule has 1 amide bonds. The maximum absolute atomic E-state index is 12.3. The molecule has 33 heavy (non-hydrogen) atoms. The summed E-state index contributed by atoms with van der Waals surface area (Å²) in [6.45, 7) is 17.8. The summed E-state index contributed by atoms with van der Waals surface area (Å²) < 4.78 is 0. The monoisotopic (exact) mass is 461 g/mol. The predicted molar refractivity (Wildman–Crippen MR) is 139 cm³/mol. The zero-order valence-electron chi connectivity index (χ0n) is 21.8. The number of carboxylic acid groups (broad SMARTS) is 1. The molecule has 0 spiro atoms. The number of benzene rings is 1. The van der Waals surface area contributed by atoms with Crippen LogP contribution in [0.4, 0.5) is 0 Å². The van der Waals surface area contributed by atoms with Crippen LogP contribution in [0.5, 0.6) is 0 Å². The maximum atomic E-state index is 12.3. The number of carboxylic acids is 1. The first-order valence-electron chi connectivity index (χ1n) is 11.3. The second-order valence-electron chi connectivity index (χ2n) is 6.89. The largest absolute Gasteiger partial charge is 0.505 e. The van der Waals surface area contributed by atoms with E-state index in [1.165, 1.54) is 17.9 Å². The molecule has 0 saturated carbocycles. The van der Waals surface area contributed by atoms with Crippen molar-refractivity contribution in [2.45, 2.75) is 81.7 Å². The molecule has 1 aliphatic heterocycles. The van der Waals surface area contributed by atoms with Crippen molar-refractivity contribution in [1.29, 1.82) is 0 Å². The van der Waals surface area contributed by atoms with Gasteiger partial charge in [0.25, 0.3) is 5.91 Å². The fraction of sp³-hybridized carbons (Fsp3) is 0.500. The quantitative estimate of drug-likeness (QED) is 0.392. The van der Waals surface area contributed by atoms with Crippen molar-refractivity contribution < 1.29 is 19.8 Å². The number of hydrogen-bond donors (Lipinski definition) is 3. The highest BCUT2D eigenvalue weighted by atomic mass is 16.4. The minimum Gasteiger partial charge on any atom is -0.505 e. The first kappa shape index (κ1) is 34.3. The molecule has 1 aromatic carbocycles. The highest BCUT2D eigenvalue weighted by molar-refractivity contribution is 6.01. The lowest BCUT2D eigenvalue weighted by molar-refractivity contribution is -0.137. The van der Waals surface area contributed by atoms with Crippen LogP contribution in [0.25, 0.3) is 5.76 Å². The molecule has 7 nitrogen and oxygen atoms in total. The van der Waals surface area contributed by atoms with Gasteiger partial charge in [-0.1, -0.05) is 72.6 Å². The lowest BCUT2D eigenvalue weighted by Crippen LogP contribution is -2.38. The third-order valence-electron chi connectivity index (χ3n) is 3.39. The van der Waals surface area contributed by atoms with Crippen LogP contribution < -0.4 is 5.32 Å². The fourth-order valence-corrected chi connectivity index (χ4v) is 2.40. The fourth-order valence-electron chi connectivity index (χ4n) is 2.40. The molecule has 0 unspecified atom stereocenters. The van der Waals surface area contributed by atoms with Gasteiger partial charge in [-0.25, -0.2) is 0 Å². The maximum Gasteiger partial charge on any atom is 0.322 e. The van der Waals surface area contributed by atoms with E-state index >= 15 is 0 Å². The Labute approximate surface area is 200 Å². The number of aryl methyl sites for hydroxylation is 1. The van der Waals surface area contributed by atoms with E-state index in [4.69, 9.17) is 5.11 Å². The summed E-state index contributed by atoms with van der Waals surface area (Å²) in [6.07, 6.45) is 10.5. The van der Waals surface area contributed by atoms with Gasteiger partial charge in [0.15, 0.2) is 11.5 Å². The average molecular weight is 462 g/mol. The molecular weight excluding hydrogens is 418 g/mol. The van der Waals surface area contributed by atoms with Gasteiger partial charge in [0.05, 0.1) is 6.54 Å². The summed E-state index contributed by atoms with van der Waals surface area (Å²) in [4.78, 5) is 22.9. The predicted octanol–water partition coefficient (Wildman–Crippen LogP) is 5.74. The summed E-state index contributed by atoms with van der Waals surface area (Å²) in [6, 6.07) is 5.44. The number of aliphatic hydroxyl groups is 1. The molecule has 1 aliphatic rings. The number of carbonyl (C=O) groups excluding carboxylic acids is 1. The van der Waals surface area contributed by atoms with Crippen molar-refractivity contribution in [2.75, 3.05) is 6.54 Å². The molecule has 7 heteroatoms. The van der Waals surface area contributed by atoms with E-state index in [0.717, 1.165) is 11.1 Å². The normalized spacial score (nSPS) is 10.7. The van der Waals surface area contributed by atoms with Gasteiger partial charge < -0.3 is 15.5 Å². The Kier molecular flexibility index (Phi) is 21.5. The van der Waals surface area contributed by atoms with Crippen LogP contribution in [-0.2, 0) is 16.1 Å². The molecule has 2 rings (SSSR count). The van der Waals surface area contributed by atoms with Crippen LogP contribution >= 0.6 is 0 Å². The number of hydrazone groups is 1. The average Bonchev–Trinajstić information content (AvgIpc) is 2.77. The number of amides is 1. The van der Waals surface area contributed by atoms with Gasteiger partial charge in [-0.3, -0.25) is 14.6 Å². The third-order valence-corrected chi connectivity index (χ3v) is 3.39. The molecule has 1 aromatic rings. The van der Waals surface area contributed by atoms with Gasteiger partial charge in [0.1, 0.15) is 6.54 Å². The van der Waals surface area contributed by atoms with Crippen molar-refractivity contribution in [3.8, 4) is 12.8 Å². The number of nitrogens with one attached hydrogen (secondary N) is 1. The van der Waals surface area contributed by atoms with Crippen molar-refractivity contribution in [3.05, 3.63) is 40.6 Å². The van der Waals surface area contributed by atoms with Crippen LogP contribution in [0.3, 0.4) is 0 Å². The molecule has 0 aromatic heterocycles. The first-order chi connectivity index (χ1) is 15.6. The Morgan fingerprint density at radius 2 is 1.58 bits per heavy atom. The smallest absolute Gasteiger partial charge is 0.322 e. The summed E-state index contributed by atoms with van der Waals surface area (Å²) >= 11 is 0. The third kappa shape index (κ3) is 13.0. The van der Waals surface area contributed by atoms with E-state index in [2.05, 4.69) is 51.0 Å². The highest BCUT2D eigenvalue weighted by Gasteiger charge is 2.30. The van der Waals surface area contributed by atoms with Gasteiger partial charge >= 0.3 is 5.97 Å². The molecule has 0 atom stereocenters. The summed E-state index contributed by atoms with van der Waals surface area (Å²) in [5.41, 5.74) is 3.08. The lowest BCUT2D eigenvalue weighted by atomic mass is 9.96. The van der Waals surface area contributed by atoms with E-state index in [0.29, 0.717) is 17.8 Å². The van der Waals surface area contributed by atoms with Crippen molar-refractivity contribution >= 4 is 23.3 Å². The minimum atomic E-state index is -1.16. The second kappa shape index (κ2) is 20.6. The molecule has 0 radical (unpaired) electrons. The Hall–Kier alpha value is -3.27. The number of nitrogens with zero attached hydrogens (tertiary/aromatic N) is 2. The van der Waals surface area contributed by atoms with E-state index in [1.807, 2.05) is 26.8 Å². The molecule has 186 valence electrons. The van der Waals surface area contributed by atoms with E-state index in [1.54, 1.807) is 26.0 Å². The van der Waals surface area contributed by atoms with Crippen molar-refractivity contribution in [1.82, 2.24) is 10.3 Å². The van der Waals surface area contributed by atoms with Crippen molar-refractivity contribution in [3.63, 3.8) is 0 Å². The Bertz CT molecular complexity index is 790. The number of rotatable bonds is 4. The molecule has 0 saturated heterocycles. The first-order valence-corrected chi connectivity index (χ1v) is 11.3. The Morgan fingerprint density at radius 1 is 1.09 bits per heavy atom. The zero-order valence-corrected chi connectivity index (χ0v) is 21.8. The number of aliphatic hydroxyl groups excluding tert-OH is 1. The van der Waals surface area contributed by atoms with Crippen LogP contribution in [0.15, 0.2) is 29.0 Å². The van der Waals surface area contributed by atoms with Crippen LogP contribution in [0.2, 0.25) is 0 Å². The number of hydrogen-bond acceptors (Lipinski definition) is 5. The topological polar surface area (TPSA) is 102 Å². The van der Waals surface area contributed by atoms with E-state index in [-0.39, 0.29) is 11.5 Å². The zero-order chi connectivity index (χ0) is 26.6. The standard InChI is InChI=1S/C16H19N3O4.2C3H8.C2H6.C2H2/c1-9(2)18-19-8-12-10(3)5-4-6-11(12)15(22)14(19)16(23)17-7-13(20)21;2*1-3-2;2*1-2/h4-6,22H,7-8H2,1-3H3,(H,17,23)(H,20,21);2*3H2,1-2H3;1-2H3;1-2H. The van der Waals surface area contributed by atoms with Crippen LogP contribution in [0, 0.1) is 19.8 Å². The molecule has 0 fully saturated rings. The van der Waals surface area contributed by atoms with Gasteiger partial charge in [0.2, 0.25) is 0 Å². The van der Waals surface area contributed by atoms with Gasteiger partial charge in [0, 0.05) is 11.3 Å². The number of aliphatic carboxylic acids is 1. The molecule has 3 N–H and O–H groups in total. The highest BCUT2D eigenvalue weighted by Crippen LogP contribution is 2.32. The SMILES string of the molecule is C#C.CC.CC(C)=NN1Cc2c(C)cccc2C(O)=C1C(=O)NCC(=O)O.CCC.CCC. The minimum absolute atomic E-state index is 0.0504. The van der Waals surface area contributed by atoms with Crippen LogP contribution in [-0.4, -0.2) is 39.4 Å².